The van der Waals surface area contributed by atoms with Crippen LogP contribution in [0.2, 0.25) is 0 Å². The molecule has 0 bridgehead atoms. The van der Waals surface area contributed by atoms with E-state index in [4.69, 9.17) is 14.8 Å². The number of benzene rings is 2. The van der Waals surface area contributed by atoms with Gasteiger partial charge in [-0.1, -0.05) is 12.1 Å². The van der Waals surface area contributed by atoms with Crippen LogP contribution < -0.4 is 15.6 Å². The fraction of sp³-hybridized carbons (Fsp3) is 0.217. The van der Waals surface area contributed by atoms with Gasteiger partial charge in [0.1, 0.15) is 11.6 Å². The van der Waals surface area contributed by atoms with Crippen molar-refractivity contribution in [1.29, 1.82) is 0 Å². The maximum absolute atomic E-state index is 12.9. The lowest BCUT2D eigenvalue weighted by Crippen LogP contribution is -2.21. The fourth-order valence-electron chi connectivity index (χ4n) is 3.58. The summed E-state index contributed by atoms with van der Waals surface area (Å²) < 4.78 is 6.86. The molecular formula is C23H21N3O5. The smallest absolute Gasteiger partial charge is 0.303 e. The van der Waals surface area contributed by atoms with Crippen LogP contribution >= 0.6 is 0 Å². The van der Waals surface area contributed by atoms with E-state index >= 15 is 0 Å². The minimum Gasteiger partial charge on any atom is -0.497 e. The Morgan fingerprint density at radius 1 is 1.19 bits per heavy atom. The van der Waals surface area contributed by atoms with Crippen molar-refractivity contribution < 1.29 is 19.4 Å². The van der Waals surface area contributed by atoms with E-state index in [1.807, 2.05) is 30.3 Å². The molecule has 0 spiro atoms. The molecule has 31 heavy (non-hydrogen) atoms. The molecule has 0 aliphatic carbocycles. The van der Waals surface area contributed by atoms with Gasteiger partial charge in [-0.25, -0.2) is 4.98 Å². The molecule has 2 N–H and O–H groups in total. The van der Waals surface area contributed by atoms with Crippen molar-refractivity contribution >= 4 is 40.1 Å². The Bertz CT molecular complexity index is 1260. The lowest BCUT2D eigenvalue weighted by Gasteiger charge is -2.08. The molecule has 1 aliphatic rings. The predicted octanol–water partition coefficient (Wildman–Crippen LogP) is 3.15. The summed E-state index contributed by atoms with van der Waals surface area (Å²) in [7, 11) is 1.62. The van der Waals surface area contributed by atoms with Gasteiger partial charge in [-0.15, -0.1) is 0 Å². The van der Waals surface area contributed by atoms with Crippen molar-refractivity contribution in [3.8, 4) is 5.75 Å². The third kappa shape index (κ3) is 4.32. The summed E-state index contributed by atoms with van der Waals surface area (Å²) in [5, 5.41) is 11.8. The first-order valence-electron chi connectivity index (χ1n) is 9.86. The molecule has 0 saturated heterocycles. The summed E-state index contributed by atoms with van der Waals surface area (Å²) in [6, 6.07) is 12.5. The second kappa shape index (κ2) is 8.43. The number of amides is 1. The van der Waals surface area contributed by atoms with E-state index in [-0.39, 0.29) is 18.4 Å². The first-order chi connectivity index (χ1) is 14.9. The van der Waals surface area contributed by atoms with Crippen LogP contribution in [-0.4, -0.2) is 33.6 Å². The van der Waals surface area contributed by atoms with Crippen LogP contribution in [0.3, 0.4) is 0 Å². The molecule has 1 aliphatic heterocycles. The van der Waals surface area contributed by atoms with Gasteiger partial charge in [-0.3, -0.25) is 19.0 Å². The molecule has 2 aromatic carbocycles. The zero-order chi connectivity index (χ0) is 22.0. The number of aromatic nitrogens is 2. The van der Waals surface area contributed by atoms with Gasteiger partial charge in [-0.2, -0.15) is 0 Å². The van der Waals surface area contributed by atoms with Crippen LogP contribution in [-0.2, 0) is 16.1 Å². The molecule has 2 heterocycles. The quantitative estimate of drug-likeness (QED) is 0.635. The minimum atomic E-state index is -1.03. The van der Waals surface area contributed by atoms with Crippen LogP contribution in [0.25, 0.3) is 22.6 Å². The Labute approximate surface area is 177 Å². The van der Waals surface area contributed by atoms with Gasteiger partial charge in [-0.05, 0) is 54.0 Å². The third-order valence-electron chi connectivity index (χ3n) is 5.15. The average Bonchev–Trinajstić information content (AvgIpc) is 3.15. The number of aliphatic carboxylic acids is 1. The van der Waals surface area contributed by atoms with Gasteiger partial charge < -0.3 is 15.2 Å². The predicted molar refractivity (Wildman–Crippen MR) is 117 cm³/mol. The number of carbonyl (C=O) groups excluding carboxylic acids is 1. The van der Waals surface area contributed by atoms with Crippen LogP contribution in [0.1, 0.15) is 30.7 Å². The summed E-state index contributed by atoms with van der Waals surface area (Å²) in [5.74, 6) is -0.0512. The van der Waals surface area contributed by atoms with E-state index in [2.05, 4.69) is 5.32 Å². The SMILES string of the molecule is COc1ccc(C=C2CCn3c2nc2cc(NC(=O)CCC(=O)O)ccc2c3=O)cc1. The van der Waals surface area contributed by atoms with E-state index in [9.17, 15) is 14.4 Å². The number of nitrogens with one attached hydrogen (secondary N) is 1. The molecule has 0 radical (unpaired) electrons. The summed E-state index contributed by atoms with van der Waals surface area (Å²) in [4.78, 5) is 40.2. The van der Waals surface area contributed by atoms with Gasteiger partial charge in [0.05, 0.1) is 24.4 Å². The normalized spacial score (nSPS) is 13.9. The van der Waals surface area contributed by atoms with Crippen molar-refractivity contribution in [2.24, 2.45) is 0 Å². The van der Waals surface area contributed by atoms with Gasteiger partial charge in [0.2, 0.25) is 5.91 Å². The summed E-state index contributed by atoms with van der Waals surface area (Å²) in [6.07, 6.45) is 2.34. The van der Waals surface area contributed by atoms with E-state index in [0.29, 0.717) is 35.4 Å². The second-order valence-electron chi connectivity index (χ2n) is 7.26. The zero-order valence-corrected chi connectivity index (χ0v) is 16.9. The van der Waals surface area contributed by atoms with Crippen molar-refractivity contribution in [1.82, 2.24) is 9.55 Å². The van der Waals surface area contributed by atoms with E-state index in [1.54, 1.807) is 29.9 Å². The van der Waals surface area contributed by atoms with Crippen LogP contribution in [0, 0.1) is 0 Å². The maximum atomic E-state index is 12.9. The first kappa shape index (κ1) is 20.3. The van der Waals surface area contributed by atoms with Crippen molar-refractivity contribution in [2.75, 3.05) is 12.4 Å². The molecule has 4 rings (SSSR count). The number of rotatable bonds is 6. The van der Waals surface area contributed by atoms with Gasteiger partial charge in [0.15, 0.2) is 0 Å². The zero-order valence-electron chi connectivity index (χ0n) is 16.9. The third-order valence-corrected chi connectivity index (χ3v) is 5.15. The summed E-state index contributed by atoms with van der Waals surface area (Å²) in [6.45, 7) is 0.562. The number of hydrogen-bond donors (Lipinski definition) is 2. The Hall–Kier alpha value is -3.94. The molecular weight excluding hydrogens is 398 g/mol. The summed E-state index contributed by atoms with van der Waals surface area (Å²) in [5.41, 5.74) is 2.77. The number of methoxy groups -OCH3 is 1. The Morgan fingerprint density at radius 2 is 1.97 bits per heavy atom. The molecule has 0 atom stereocenters. The van der Waals surface area contributed by atoms with Crippen LogP contribution in [0.15, 0.2) is 47.3 Å². The number of hydrogen-bond acceptors (Lipinski definition) is 5. The number of carboxylic acids is 1. The number of carbonyl (C=O) groups is 2. The van der Waals surface area contributed by atoms with E-state index in [1.165, 1.54) is 0 Å². The Morgan fingerprint density at radius 3 is 2.68 bits per heavy atom. The topological polar surface area (TPSA) is 111 Å². The average molecular weight is 419 g/mol. The standard InChI is InChI=1S/C23H21N3O5/c1-31-17-5-2-14(3-6-17)12-15-10-11-26-22(15)25-19-13-16(4-7-18(19)23(26)30)24-20(27)8-9-21(28)29/h2-7,12-13H,8-11H2,1H3,(H,24,27)(H,28,29). The Kier molecular flexibility index (Phi) is 5.53. The highest BCUT2D eigenvalue weighted by Gasteiger charge is 2.21. The highest BCUT2D eigenvalue weighted by molar-refractivity contribution is 5.95. The lowest BCUT2D eigenvalue weighted by atomic mass is 10.1. The monoisotopic (exact) mass is 419 g/mol. The van der Waals surface area contributed by atoms with Gasteiger partial charge >= 0.3 is 5.97 Å². The molecule has 158 valence electrons. The maximum Gasteiger partial charge on any atom is 0.303 e. The molecule has 3 aromatic rings. The van der Waals surface area contributed by atoms with E-state index in [0.717, 1.165) is 16.9 Å². The van der Waals surface area contributed by atoms with Gasteiger partial charge in [0.25, 0.3) is 5.56 Å². The van der Waals surface area contributed by atoms with Gasteiger partial charge in [0, 0.05) is 18.7 Å². The van der Waals surface area contributed by atoms with Crippen molar-refractivity contribution in [3.05, 3.63) is 64.2 Å². The number of ether oxygens (including phenoxy) is 1. The first-order valence-corrected chi connectivity index (χ1v) is 9.86. The molecule has 1 aromatic heterocycles. The number of anilines is 1. The molecule has 0 fully saturated rings. The summed E-state index contributed by atoms with van der Waals surface area (Å²) >= 11 is 0. The molecule has 8 nitrogen and oxygen atoms in total. The van der Waals surface area contributed by atoms with Crippen molar-refractivity contribution in [2.45, 2.75) is 25.8 Å². The van der Waals surface area contributed by atoms with E-state index < -0.39 is 11.9 Å². The number of allylic oxidation sites excluding steroid dienone is 1. The highest BCUT2D eigenvalue weighted by Crippen LogP contribution is 2.28. The highest BCUT2D eigenvalue weighted by atomic mass is 16.5. The lowest BCUT2D eigenvalue weighted by molar-refractivity contribution is -0.138. The minimum absolute atomic E-state index is 0.123. The molecule has 1 amide bonds. The van der Waals surface area contributed by atoms with Crippen LogP contribution in [0.4, 0.5) is 5.69 Å². The second-order valence-corrected chi connectivity index (χ2v) is 7.26. The number of carboxylic acid groups (broad SMARTS) is 1. The fourth-order valence-corrected chi connectivity index (χ4v) is 3.58. The number of nitrogens with zero attached hydrogens (tertiary/aromatic N) is 2. The molecule has 0 saturated carbocycles. The largest absolute Gasteiger partial charge is 0.497 e. The van der Waals surface area contributed by atoms with Crippen molar-refractivity contribution in [3.63, 3.8) is 0 Å². The molecule has 0 unspecified atom stereocenters. The molecule has 8 heteroatoms. The van der Waals surface area contributed by atoms with Crippen LogP contribution in [0.5, 0.6) is 5.75 Å². The number of fused-ring (bicyclic) bond motifs is 2. The Balaban J connectivity index is 1.66.